The van der Waals surface area contributed by atoms with Crippen LogP contribution < -0.4 is 19.1 Å². The predicted molar refractivity (Wildman–Crippen MR) is 187 cm³/mol. The predicted octanol–water partition coefficient (Wildman–Crippen LogP) is 7.45. The van der Waals surface area contributed by atoms with Crippen molar-refractivity contribution in [2.75, 3.05) is 19.1 Å². The number of alkyl halides is 3. The van der Waals surface area contributed by atoms with E-state index < -0.39 is 64.9 Å². The number of carbonyl (C=O) groups excluding carboxylic acids is 4. The van der Waals surface area contributed by atoms with Crippen molar-refractivity contribution in [3.8, 4) is 23.0 Å². The van der Waals surface area contributed by atoms with Gasteiger partial charge in [0.25, 0.3) is 0 Å². The molecule has 1 fully saturated rings. The van der Waals surface area contributed by atoms with Crippen LogP contribution in [0, 0.1) is 17.8 Å². The minimum absolute atomic E-state index is 0.00236. The van der Waals surface area contributed by atoms with Crippen molar-refractivity contribution in [2.24, 2.45) is 17.8 Å². The van der Waals surface area contributed by atoms with Gasteiger partial charge in [-0.3, -0.25) is 24.1 Å². The highest BCUT2D eigenvalue weighted by molar-refractivity contribution is 9.12. The van der Waals surface area contributed by atoms with Gasteiger partial charge in [0.05, 0.1) is 36.2 Å². The molecule has 52 heavy (non-hydrogen) atoms. The average Bonchev–Trinajstić information content (AvgIpc) is 3.38. The molecular weight excluding hydrogens is 747 g/mol. The topological polar surface area (TPSA) is 119 Å². The summed E-state index contributed by atoms with van der Waals surface area (Å²) in [4.78, 5) is 56.3. The van der Waals surface area contributed by atoms with Crippen molar-refractivity contribution in [1.82, 2.24) is 0 Å². The Bertz CT molecular complexity index is 2170. The second kappa shape index (κ2) is 13.3. The third kappa shape index (κ3) is 6.12. The van der Waals surface area contributed by atoms with E-state index in [2.05, 4.69) is 20.7 Å². The van der Waals surface area contributed by atoms with Gasteiger partial charge >= 0.3 is 6.36 Å². The molecular formula is C39H29BrF3NO8. The molecule has 0 aromatic heterocycles. The zero-order chi connectivity index (χ0) is 37.1. The van der Waals surface area contributed by atoms with Gasteiger partial charge < -0.3 is 19.3 Å². The number of phenolic OH excluding ortho intramolecular Hbond substituents is 1. The van der Waals surface area contributed by atoms with Crippen LogP contribution in [0.4, 0.5) is 18.9 Å². The van der Waals surface area contributed by atoms with E-state index >= 15 is 0 Å². The first-order valence-electron chi connectivity index (χ1n) is 16.2. The Kier molecular flexibility index (Phi) is 8.94. The summed E-state index contributed by atoms with van der Waals surface area (Å²) in [5.41, 5.74) is 2.33. The van der Waals surface area contributed by atoms with Gasteiger partial charge in [0, 0.05) is 34.3 Å². The number of phenols is 1. The number of methoxy groups -OCH3 is 2. The lowest BCUT2D eigenvalue weighted by Gasteiger charge is -2.42. The van der Waals surface area contributed by atoms with Gasteiger partial charge in [-0.15, -0.1) is 13.2 Å². The molecule has 2 amide bonds. The first kappa shape index (κ1) is 35.0. The zero-order valence-electron chi connectivity index (χ0n) is 27.6. The smallest absolute Gasteiger partial charge is 0.508 e. The van der Waals surface area contributed by atoms with E-state index in [-0.39, 0.29) is 34.0 Å². The number of amides is 2. The van der Waals surface area contributed by atoms with E-state index in [1.54, 1.807) is 56.7 Å². The van der Waals surface area contributed by atoms with Gasteiger partial charge in [-0.25, -0.2) is 0 Å². The first-order valence-corrected chi connectivity index (χ1v) is 16.9. The van der Waals surface area contributed by atoms with Crippen LogP contribution >= 0.6 is 15.9 Å². The fourth-order valence-electron chi connectivity index (χ4n) is 7.67. The summed E-state index contributed by atoms with van der Waals surface area (Å²) < 4.78 is 54.4. The Morgan fingerprint density at radius 1 is 0.885 bits per heavy atom. The highest BCUT2D eigenvalue weighted by Crippen LogP contribution is 2.57. The van der Waals surface area contributed by atoms with Crippen molar-refractivity contribution in [3.63, 3.8) is 0 Å². The van der Waals surface area contributed by atoms with Crippen LogP contribution in [0.3, 0.4) is 0 Å². The van der Waals surface area contributed by atoms with E-state index in [0.717, 1.165) is 40.3 Å². The number of Topliss-reactive ketones (excluding diaryl/α,β-unsaturated/α-hetero) is 1. The molecule has 4 aliphatic rings. The van der Waals surface area contributed by atoms with Crippen molar-refractivity contribution in [1.29, 1.82) is 0 Å². The maximum atomic E-state index is 14.3. The Morgan fingerprint density at radius 2 is 1.62 bits per heavy atom. The number of anilines is 1. The monoisotopic (exact) mass is 775 g/mol. The van der Waals surface area contributed by atoms with Crippen molar-refractivity contribution < 1.29 is 51.7 Å². The maximum absolute atomic E-state index is 14.3. The molecule has 1 N–H and O–H groups in total. The van der Waals surface area contributed by atoms with Crippen LogP contribution in [0.15, 0.2) is 94.0 Å². The summed E-state index contributed by atoms with van der Waals surface area (Å²) in [5.74, 6) is -5.45. The summed E-state index contributed by atoms with van der Waals surface area (Å²) in [6.45, 7) is 0. The molecule has 9 nitrogen and oxygen atoms in total. The normalized spacial score (nSPS) is 22.9. The number of hydrogen-bond donors (Lipinski definition) is 1. The number of nitrogens with zero attached hydrogens (tertiary/aromatic N) is 1. The lowest BCUT2D eigenvalue weighted by Crippen LogP contribution is -2.39. The first-order chi connectivity index (χ1) is 24.8. The summed E-state index contributed by atoms with van der Waals surface area (Å²) in [6, 6.07) is 15.2. The summed E-state index contributed by atoms with van der Waals surface area (Å²) in [7, 11) is 3.13. The van der Waals surface area contributed by atoms with E-state index in [9.17, 15) is 37.5 Å². The number of hydrogen-bond acceptors (Lipinski definition) is 8. The Morgan fingerprint density at radius 3 is 2.31 bits per heavy atom. The minimum atomic E-state index is -5.03. The van der Waals surface area contributed by atoms with Gasteiger partial charge in [-0.2, -0.15) is 0 Å². The Labute approximate surface area is 303 Å². The highest BCUT2D eigenvalue weighted by atomic mass is 79.9. The zero-order valence-corrected chi connectivity index (χ0v) is 29.2. The summed E-state index contributed by atoms with van der Waals surface area (Å²) in [6.07, 6.45) is 1.49. The van der Waals surface area contributed by atoms with Crippen LogP contribution in [0.5, 0.6) is 23.0 Å². The van der Waals surface area contributed by atoms with E-state index in [0.29, 0.717) is 22.8 Å². The van der Waals surface area contributed by atoms with E-state index in [1.807, 2.05) is 18.2 Å². The summed E-state index contributed by atoms with van der Waals surface area (Å²) >= 11 is 3.14. The number of ether oxygens (including phenoxy) is 3. The Hall–Kier alpha value is -5.43. The molecule has 0 radical (unpaired) electrons. The van der Waals surface area contributed by atoms with Crippen LogP contribution in [0.1, 0.15) is 35.4 Å². The number of rotatable bonds is 7. The molecule has 266 valence electrons. The van der Waals surface area contributed by atoms with Crippen LogP contribution in [-0.4, -0.2) is 49.1 Å². The Balaban J connectivity index is 1.22. The molecule has 0 spiro atoms. The fourth-order valence-corrected chi connectivity index (χ4v) is 8.11. The van der Waals surface area contributed by atoms with Gasteiger partial charge in [-0.05, 0) is 88.8 Å². The molecule has 7 rings (SSSR count). The van der Waals surface area contributed by atoms with Crippen LogP contribution in [0.25, 0.3) is 12.2 Å². The summed E-state index contributed by atoms with van der Waals surface area (Å²) in [5, 5.41) is 11.0. The number of allylic oxidation sites excluding steroid dienone is 6. The lowest BCUT2D eigenvalue weighted by atomic mass is 9.59. The second-order valence-electron chi connectivity index (χ2n) is 12.7. The SMILES string of the molecule is COc1ccc(OC)c(C=Cc2ccc(N3C(=O)[C@H]4[C@H](CC=C5[C@H](c6cc(OC(F)(F)F)ccc6O)C6=C(C[C@H]54)C(=O)C(Br)=CC6=O)C3=O)cc2)c1. The molecule has 0 bridgehead atoms. The molecule has 1 heterocycles. The number of ketones is 2. The fraction of sp³-hybridized carbons (Fsp3) is 0.231. The number of carbonyl (C=O) groups is 4. The number of benzene rings is 3. The molecule has 1 saturated heterocycles. The molecule has 3 aromatic carbocycles. The van der Waals surface area contributed by atoms with Crippen LogP contribution in [0.2, 0.25) is 0 Å². The van der Waals surface area contributed by atoms with Crippen molar-refractivity contribution in [3.05, 3.63) is 111 Å². The van der Waals surface area contributed by atoms with Gasteiger partial charge in [0.15, 0.2) is 11.6 Å². The quantitative estimate of drug-likeness (QED) is 0.114. The third-order valence-corrected chi connectivity index (χ3v) is 10.5. The molecule has 3 aliphatic carbocycles. The van der Waals surface area contributed by atoms with Crippen molar-refractivity contribution >= 4 is 57.2 Å². The van der Waals surface area contributed by atoms with Crippen LogP contribution in [-0.2, 0) is 19.2 Å². The van der Waals surface area contributed by atoms with E-state index in [4.69, 9.17) is 9.47 Å². The third-order valence-electron chi connectivity index (χ3n) is 9.92. The molecule has 0 unspecified atom stereocenters. The largest absolute Gasteiger partial charge is 0.573 e. The molecule has 4 atom stereocenters. The highest BCUT2D eigenvalue weighted by Gasteiger charge is 2.57. The lowest BCUT2D eigenvalue weighted by molar-refractivity contribution is -0.274. The van der Waals surface area contributed by atoms with Gasteiger partial charge in [0.1, 0.15) is 23.0 Å². The number of halogens is 4. The minimum Gasteiger partial charge on any atom is -0.508 e. The second-order valence-corrected chi connectivity index (χ2v) is 13.6. The maximum Gasteiger partial charge on any atom is 0.573 e. The number of imide groups is 1. The number of fused-ring (bicyclic) bond motifs is 3. The molecule has 0 saturated carbocycles. The molecule has 3 aromatic rings. The number of aromatic hydroxyl groups is 1. The van der Waals surface area contributed by atoms with Gasteiger partial charge in [-0.1, -0.05) is 35.9 Å². The van der Waals surface area contributed by atoms with E-state index in [1.165, 1.54) is 0 Å². The molecule has 1 aliphatic heterocycles. The van der Waals surface area contributed by atoms with Crippen molar-refractivity contribution in [2.45, 2.75) is 25.1 Å². The average molecular weight is 777 g/mol. The standard InChI is InChI=1S/C39H29BrF3NO8/c1-50-22-10-14-32(51-2)20(15-22)6-3-19-4-7-21(8-5-19)44-37(48)25-12-11-24-26(34(25)38(44)49)17-28-35(31(46)18-29(40)36(28)47)33(24)27-16-23(9-13-30(27)45)52-39(41,42)43/h3-11,13-16,18,25-26,33-34,45H,12,17H2,1-2H3/t25-,26+,33+,34-/m0/s1. The van der Waals surface area contributed by atoms with Gasteiger partial charge in [0.2, 0.25) is 11.8 Å². The molecule has 13 heteroatoms.